The van der Waals surface area contributed by atoms with Crippen LogP contribution < -0.4 is 10.6 Å². The Morgan fingerprint density at radius 3 is 2.08 bits per heavy atom. The molecule has 2 amide bonds. The number of hydrogen-bond acceptors (Lipinski definition) is 3. The zero-order chi connectivity index (χ0) is 28.6. The molecule has 0 aliphatic heterocycles. The maximum Gasteiger partial charge on any atom is 0.460 e. The molecule has 0 aromatic heterocycles. The van der Waals surface area contributed by atoms with Crippen LogP contribution in [0.1, 0.15) is 45.7 Å². The van der Waals surface area contributed by atoms with Crippen LogP contribution in [0.15, 0.2) is 36.4 Å². The number of rotatable bonds is 8. The largest absolute Gasteiger partial charge is 0.460 e. The van der Waals surface area contributed by atoms with Gasteiger partial charge in [-0.05, 0) is 73.2 Å². The van der Waals surface area contributed by atoms with E-state index >= 15 is 0 Å². The fourth-order valence-corrected chi connectivity index (χ4v) is 5.24. The van der Waals surface area contributed by atoms with Crippen LogP contribution in [-0.2, 0) is 16.7 Å². The van der Waals surface area contributed by atoms with E-state index in [2.05, 4.69) is 10.6 Å². The molecule has 0 aliphatic rings. The number of halogens is 8. The maximum absolute atomic E-state index is 14.0. The number of carbonyl (C=O) groups is 2. The summed E-state index contributed by atoms with van der Waals surface area (Å²) in [6, 6.07) is 5.91. The Labute approximate surface area is 224 Å². The van der Waals surface area contributed by atoms with Crippen molar-refractivity contribution in [1.82, 2.24) is 5.32 Å². The van der Waals surface area contributed by atoms with E-state index in [-0.39, 0.29) is 28.1 Å². The van der Waals surface area contributed by atoms with Crippen molar-refractivity contribution in [1.29, 1.82) is 0 Å². The second-order valence-electron chi connectivity index (χ2n) is 8.85. The summed E-state index contributed by atoms with van der Waals surface area (Å²) in [6.07, 6.45) is -5.02. The Bertz CT molecular complexity index is 1230. The second kappa shape index (κ2) is 10.9. The summed E-state index contributed by atoms with van der Waals surface area (Å²) < 4.78 is 104. The van der Waals surface area contributed by atoms with E-state index in [1.165, 1.54) is 18.4 Å². The first kappa shape index (κ1) is 31.0. The molecule has 1 atom stereocenters. The van der Waals surface area contributed by atoms with Gasteiger partial charge >= 0.3 is 18.0 Å². The highest BCUT2D eigenvalue weighted by molar-refractivity contribution is 14.1. The van der Waals surface area contributed by atoms with Gasteiger partial charge in [0.15, 0.2) is 0 Å². The summed E-state index contributed by atoms with van der Waals surface area (Å²) in [5.74, 6) is -13.3. The number of alkyl halides is 7. The van der Waals surface area contributed by atoms with Gasteiger partial charge < -0.3 is 10.6 Å². The third kappa shape index (κ3) is 6.81. The van der Waals surface area contributed by atoms with E-state index in [9.17, 15) is 44.5 Å². The number of hydrogen-bond donors (Lipinski definition) is 2. The molecule has 0 saturated heterocycles. The van der Waals surface area contributed by atoms with Gasteiger partial charge in [0.1, 0.15) is 0 Å². The molecule has 0 spiro atoms. The van der Waals surface area contributed by atoms with Crippen LogP contribution in [0.5, 0.6) is 0 Å². The third-order valence-electron chi connectivity index (χ3n) is 5.09. The zero-order valence-corrected chi connectivity index (χ0v) is 22.8. The molecule has 5 nitrogen and oxygen atoms in total. The van der Waals surface area contributed by atoms with E-state index in [0.717, 1.165) is 13.0 Å². The Morgan fingerprint density at radius 2 is 1.57 bits per heavy atom. The SMILES string of the molecule is Cc1cc(C(F)(F)C(F)(F)C(F)(F)F)ccc1NC(=O)c1cccc(I)c1C(=O)NC(C)(C)CS(C)=O. The molecular weight excluding hydrogens is 644 g/mol. The topological polar surface area (TPSA) is 75.3 Å². The molecule has 0 radical (unpaired) electrons. The predicted molar refractivity (Wildman–Crippen MR) is 134 cm³/mol. The highest BCUT2D eigenvalue weighted by atomic mass is 127. The molecule has 14 heteroatoms. The number of amides is 2. The molecule has 2 rings (SSSR count). The summed E-state index contributed by atoms with van der Waals surface area (Å²) in [4.78, 5) is 26.0. The van der Waals surface area contributed by atoms with E-state index < -0.39 is 51.7 Å². The fourth-order valence-electron chi connectivity index (χ4n) is 3.41. The molecule has 1 unspecified atom stereocenters. The average molecular weight is 666 g/mol. The average Bonchev–Trinajstić information content (AvgIpc) is 2.72. The third-order valence-corrected chi connectivity index (χ3v) is 7.12. The number of benzene rings is 2. The maximum atomic E-state index is 14.0. The highest BCUT2D eigenvalue weighted by Crippen LogP contribution is 2.52. The first-order chi connectivity index (χ1) is 16.7. The van der Waals surface area contributed by atoms with Crippen molar-refractivity contribution in [3.05, 3.63) is 62.2 Å². The summed E-state index contributed by atoms with van der Waals surface area (Å²) in [7, 11) is -1.23. The van der Waals surface area contributed by atoms with Crippen LogP contribution in [0, 0.1) is 10.5 Å². The van der Waals surface area contributed by atoms with Gasteiger partial charge in [-0.3, -0.25) is 13.8 Å². The van der Waals surface area contributed by atoms with Gasteiger partial charge in [0.2, 0.25) is 0 Å². The Hall–Kier alpha value is -2.23. The summed E-state index contributed by atoms with van der Waals surface area (Å²) in [6.45, 7) is 4.42. The number of carbonyl (C=O) groups excluding carboxylic acids is 2. The number of aryl methyl sites for hydroxylation is 1. The van der Waals surface area contributed by atoms with Crippen molar-refractivity contribution in [2.24, 2.45) is 0 Å². The molecule has 0 heterocycles. The van der Waals surface area contributed by atoms with E-state index in [1.54, 1.807) is 19.9 Å². The quantitative estimate of drug-likeness (QED) is 0.267. The van der Waals surface area contributed by atoms with Gasteiger partial charge in [-0.1, -0.05) is 12.1 Å². The monoisotopic (exact) mass is 666 g/mol. The first-order valence-electron chi connectivity index (χ1n) is 10.4. The first-order valence-corrected chi connectivity index (χ1v) is 13.2. The molecule has 2 aromatic rings. The Morgan fingerprint density at radius 1 is 0.973 bits per heavy atom. The van der Waals surface area contributed by atoms with Crippen LogP contribution in [0.25, 0.3) is 0 Å². The minimum atomic E-state index is -6.49. The fraction of sp³-hybridized carbons (Fsp3) is 0.391. The predicted octanol–water partition coefficient (Wildman–Crippen LogP) is 6.03. The smallest absolute Gasteiger partial charge is 0.346 e. The van der Waals surface area contributed by atoms with E-state index in [1.807, 2.05) is 22.6 Å². The second-order valence-corrected chi connectivity index (χ2v) is 11.4. The molecule has 204 valence electrons. The Balaban J connectivity index is 2.38. The van der Waals surface area contributed by atoms with Crippen molar-refractivity contribution in [3.63, 3.8) is 0 Å². The van der Waals surface area contributed by atoms with Crippen molar-refractivity contribution in [2.75, 3.05) is 17.3 Å². The summed E-state index contributed by atoms with van der Waals surface area (Å²) >= 11 is 1.83. The standard InChI is InChI=1S/C23H22F7IN2O3S/c1-12-10-13(21(24,25)22(26,27)23(28,29)30)8-9-16(12)32-18(34)14-6-5-7-15(31)17(14)19(35)33-20(2,3)11-37(4)36/h5-10H,11H2,1-4H3,(H,32,34)(H,33,35). The minimum absolute atomic E-state index is 0.0267. The molecule has 0 aliphatic carbocycles. The van der Waals surface area contributed by atoms with Crippen LogP contribution in [0.4, 0.5) is 36.4 Å². The molecule has 2 aromatic carbocycles. The lowest BCUT2D eigenvalue weighted by atomic mass is 9.98. The lowest BCUT2D eigenvalue weighted by Crippen LogP contribution is -2.50. The van der Waals surface area contributed by atoms with Gasteiger partial charge in [0.25, 0.3) is 11.8 Å². The van der Waals surface area contributed by atoms with Crippen molar-refractivity contribution in [3.8, 4) is 0 Å². The van der Waals surface area contributed by atoms with Crippen LogP contribution >= 0.6 is 22.6 Å². The lowest BCUT2D eigenvalue weighted by molar-refractivity contribution is -0.359. The van der Waals surface area contributed by atoms with Gasteiger partial charge in [-0.2, -0.15) is 30.7 Å². The lowest BCUT2D eigenvalue weighted by Gasteiger charge is -2.28. The summed E-state index contributed by atoms with van der Waals surface area (Å²) in [5.41, 5.74) is -2.98. The van der Waals surface area contributed by atoms with Gasteiger partial charge in [0.05, 0.1) is 11.1 Å². The van der Waals surface area contributed by atoms with Crippen LogP contribution in [0.2, 0.25) is 0 Å². The van der Waals surface area contributed by atoms with E-state index in [0.29, 0.717) is 15.7 Å². The van der Waals surface area contributed by atoms with Crippen LogP contribution in [0.3, 0.4) is 0 Å². The molecule has 0 fully saturated rings. The summed E-state index contributed by atoms with van der Waals surface area (Å²) in [5, 5.41) is 5.07. The van der Waals surface area contributed by atoms with Gasteiger partial charge in [-0.15, -0.1) is 0 Å². The number of anilines is 1. The number of nitrogens with one attached hydrogen (secondary N) is 2. The zero-order valence-electron chi connectivity index (χ0n) is 19.8. The molecule has 37 heavy (non-hydrogen) atoms. The van der Waals surface area contributed by atoms with Crippen molar-refractivity contribution in [2.45, 2.75) is 44.3 Å². The van der Waals surface area contributed by atoms with Crippen LogP contribution in [-0.4, -0.2) is 45.7 Å². The minimum Gasteiger partial charge on any atom is -0.346 e. The molecule has 2 N–H and O–H groups in total. The normalized spacial score (nSPS) is 13.7. The van der Waals surface area contributed by atoms with E-state index in [4.69, 9.17) is 0 Å². The van der Waals surface area contributed by atoms with Crippen molar-refractivity contribution >= 4 is 50.9 Å². The Kier molecular flexibility index (Phi) is 9.10. The molecule has 0 bridgehead atoms. The molecule has 0 saturated carbocycles. The van der Waals surface area contributed by atoms with Gasteiger partial charge in [-0.25, -0.2) is 0 Å². The van der Waals surface area contributed by atoms with Gasteiger partial charge in [0, 0.05) is 43.2 Å². The van der Waals surface area contributed by atoms with Crippen molar-refractivity contribution < 1.29 is 44.5 Å². The highest BCUT2D eigenvalue weighted by Gasteiger charge is 2.73. The molecular formula is C23H22F7IN2O3S.